The zero-order valence-electron chi connectivity index (χ0n) is 7.04. The van der Waals surface area contributed by atoms with Crippen molar-refractivity contribution in [1.82, 2.24) is 0 Å². The predicted molar refractivity (Wildman–Crippen MR) is 45.4 cm³/mol. The molecular weight excluding hydrogens is 209 g/mol. The van der Waals surface area contributed by atoms with E-state index in [4.69, 9.17) is 6.58 Å². The molecule has 0 N–H and O–H groups in total. The van der Waals surface area contributed by atoms with Crippen LogP contribution < -0.4 is 0 Å². The van der Waals surface area contributed by atoms with Crippen molar-refractivity contribution in [2.75, 3.05) is 0 Å². The smallest absolute Gasteiger partial charge is 0 e. The fourth-order valence-electron chi connectivity index (χ4n) is 0.511. The second-order valence-electron chi connectivity index (χ2n) is 1.48. The van der Waals surface area contributed by atoms with Gasteiger partial charge < -0.3 is 18.2 Å². The van der Waals surface area contributed by atoms with Gasteiger partial charge in [-0.25, -0.2) is 12.1 Å². The predicted octanol–water partition coefficient (Wildman–Crippen LogP) is 2.96. The first-order chi connectivity index (χ1) is 4.93. The third-order valence-corrected chi connectivity index (χ3v) is 0.913. The molecule has 0 heterocycles. The maximum Gasteiger partial charge on any atom is 0 e. The molecule has 0 spiro atoms. The molecule has 1 radical (unpaired) electrons. The van der Waals surface area contributed by atoms with Crippen molar-refractivity contribution in [3.05, 3.63) is 42.5 Å². The summed E-state index contributed by atoms with van der Waals surface area (Å²) in [4.78, 5) is 0. The second kappa shape index (κ2) is 10.1. The average molecular weight is 221 g/mol. The largest absolute Gasteiger partial charge is 0.344 e. The minimum atomic E-state index is 0. The topological polar surface area (TPSA) is 0 Å². The van der Waals surface area contributed by atoms with Crippen molar-refractivity contribution in [2.45, 2.75) is 13.8 Å². The minimum Gasteiger partial charge on any atom is -0.344 e. The third kappa shape index (κ3) is 6.46. The van der Waals surface area contributed by atoms with Crippen LogP contribution in [0.4, 0.5) is 0 Å². The normalized spacial score (nSPS) is 6.73. The minimum absolute atomic E-state index is 0. The van der Waals surface area contributed by atoms with Crippen LogP contribution in [0, 0.1) is 12.6 Å². The van der Waals surface area contributed by atoms with E-state index in [0.29, 0.717) is 0 Å². The van der Waals surface area contributed by atoms with Crippen molar-refractivity contribution in [3.8, 4) is 0 Å². The van der Waals surface area contributed by atoms with E-state index in [1.54, 1.807) is 0 Å². The zero-order valence-corrected chi connectivity index (χ0v) is 9.88. The second-order valence-corrected chi connectivity index (χ2v) is 1.48. The van der Waals surface area contributed by atoms with Crippen LogP contribution in [0.5, 0.6) is 0 Å². The number of hydrogen-bond acceptors (Lipinski definition) is 0. The molecule has 0 atom stereocenters. The van der Waals surface area contributed by atoms with E-state index in [9.17, 15) is 0 Å². The maximum absolute atomic E-state index is 5.19. The molecule has 1 aromatic carbocycles. The summed E-state index contributed by atoms with van der Waals surface area (Å²) in [6.45, 7) is 9.19. The van der Waals surface area contributed by atoms with Crippen molar-refractivity contribution in [1.29, 1.82) is 0 Å². The van der Waals surface area contributed by atoms with Gasteiger partial charge in [0.05, 0.1) is 0 Å². The Morgan fingerprint density at radius 1 is 1.36 bits per heavy atom. The molecule has 1 heteroatoms. The van der Waals surface area contributed by atoms with Crippen molar-refractivity contribution in [3.63, 3.8) is 0 Å². The summed E-state index contributed by atoms with van der Waals surface area (Å²) >= 11 is 0. The summed E-state index contributed by atoms with van der Waals surface area (Å²) < 4.78 is 0. The van der Waals surface area contributed by atoms with Crippen molar-refractivity contribution >= 4 is 6.08 Å². The summed E-state index contributed by atoms with van der Waals surface area (Å²) in [5.41, 5.74) is 0.938. The van der Waals surface area contributed by atoms with Crippen LogP contribution in [0.25, 0.3) is 6.08 Å². The number of rotatable bonds is 1. The SMILES string of the molecule is CC.[CH-]=Cc1[c-]cccc1.[Y]. The van der Waals surface area contributed by atoms with E-state index in [1.165, 1.54) is 6.08 Å². The molecule has 0 unspecified atom stereocenters. The van der Waals surface area contributed by atoms with Crippen LogP contribution >= 0.6 is 0 Å². The number of hydrogen-bond donors (Lipinski definition) is 0. The molecule has 0 aliphatic heterocycles. The Bertz CT molecular complexity index is 167. The zero-order chi connectivity index (χ0) is 7.82. The molecule has 0 fully saturated rings. The summed E-state index contributed by atoms with van der Waals surface area (Å²) in [7, 11) is 0. The van der Waals surface area contributed by atoms with Crippen LogP contribution in [0.3, 0.4) is 0 Å². The first-order valence-electron chi connectivity index (χ1n) is 3.45. The van der Waals surface area contributed by atoms with E-state index in [1.807, 2.05) is 38.1 Å². The van der Waals surface area contributed by atoms with Gasteiger partial charge in [0.2, 0.25) is 0 Å². The van der Waals surface area contributed by atoms with Crippen LogP contribution in [-0.2, 0) is 32.7 Å². The standard InChI is InChI=1S/C8H6.C2H6.Y/c1-2-8-6-4-3-5-7-8;1-2;/h1-6H;1-2H3;/q-2;;. The van der Waals surface area contributed by atoms with Gasteiger partial charge in [0.15, 0.2) is 0 Å². The van der Waals surface area contributed by atoms with Gasteiger partial charge in [0.25, 0.3) is 0 Å². The maximum atomic E-state index is 5.19. The molecule has 1 rings (SSSR count). The third-order valence-electron chi connectivity index (χ3n) is 0.913. The molecular formula is C10H12Y-2. The van der Waals surface area contributed by atoms with E-state index < -0.39 is 0 Å². The fraction of sp³-hybridized carbons (Fsp3) is 0.200. The summed E-state index contributed by atoms with van der Waals surface area (Å²) in [5, 5.41) is 0. The van der Waals surface area contributed by atoms with Gasteiger partial charge in [-0.1, -0.05) is 13.8 Å². The molecule has 1 aromatic rings. The van der Waals surface area contributed by atoms with Gasteiger partial charge in [-0.3, -0.25) is 0 Å². The van der Waals surface area contributed by atoms with Crippen LogP contribution in [0.15, 0.2) is 24.3 Å². The van der Waals surface area contributed by atoms with Gasteiger partial charge in [0, 0.05) is 32.7 Å². The average Bonchev–Trinajstić information content (AvgIpc) is 2.10. The van der Waals surface area contributed by atoms with E-state index in [0.717, 1.165) is 5.56 Å². The summed E-state index contributed by atoms with van der Waals surface area (Å²) in [6, 6.07) is 10.5. The Morgan fingerprint density at radius 3 is 2.27 bits per heavy atom. The monoisotopic (exact) mass is 221 g/mol. The Kier molecular flexibility index (Phi) is 12.5. The van der Waals surface area contributed by atoms with Gasteiger partial charge in [-0.15, -0.1) is 6.07 Å². The van der Waals surface area contributed by atoms with Crippen molar-refractivity contribution in [2.24, 2.45) is 0 Å². The Balaban J connectivity index is 0. The van der Waals surface area contributed by atoms with E-state index in [2.05, 4.69) is 6.07 Å². The molecule has 0 aromatic heterocycles. The summed E-state index contributed by atoms with van der Waals surface area (Å²) in [5.74, 6) is 0. The van der Waals surface area contributed by atoms with Crippen LogP contribution in [-0.4, -0.2) is 0 Å². The Hall–Kier alpha value is 0.0639. The number of benzene rings is 1. The molecule has 0 saturated carbocycles. The van der Waals surface area contributed by atoms with Gasteiger partial charge >= 0.3 is 0 Å². The van der Waals surface area contributed by atoms with E-state index in [-0.39, 0.29) is 32.7 Å². The Labute approximate surface area is 94.6 Å². The van der Waals surface area contributed by atoms with Crippen LogP contribution in [0.1, 0.15) is 19.4 Å². The first-order valence-corrected chi connectivity index (χ1v) is 3.45. The van der Waals surface area contributed by atoms with Crippen LogP contribution in [0.2, 0.25) is 0 Å². The molecule has 11 heavy (non-hydrogen) atoms. The molecule has 0 aliphatic rings. The van der Waals surface area contributed by atoms with Gasteiger partial charge in [0.1, 0.15) is 0 Å². The quantitative estimate of drug-likeness (QED) is 0.639. The van der Waals surface area contributed by atoms with Crippen molar-refractivity contribution < 1.29 is 32.7 Å². The molecule has 0 aliphatic carbocycles. The summed E-state index contributed by atoms with van der Waals surface area (Å²) in [6.07, 6.45) is 1.53. The first kappa shape index (κ1) is 13.6. The fourth-order valence-corrected chi connectivity index (χ4v) is 0.511. The molecule has 0 bridgehead atoms. The molecule has 0 nitrogen and oxygen atoms in total. The molecule has 0 saturated heterocycles. The van der Waals surface area contributed by atoms with Gasteiger partial charge in [-0.05, 0) is 0 Å². The molecule has 0 amide bonds. The Morgan fingerprint density at radius 2 is 2.00 bits per heavy atom. The van der Waals surface area contributed by atoms with E-state index >= 15 is 0 Å². The molecule has 57 valence electrons. The van der Waals surface area contributed by atoms with Gasteiger partial charge in [-0.2, -0.15) is 12.1 Å².